The number of ketones is 3. The van der Waals surface area contributed by atoms with E-state index in [1.807, 2.05) is 0 Å². The Morgan fingerprint density at radius 3 is 2.29 bits per heavy atom. The van der Waals surface area contributed by atoms with Crippen LogP contribution < -0.4 is 5.32 Å². The van der Waals surface area contributed by atoms with Crippen molar-refractivity contribution in [3.05, 3.63) is 47.2 Å². The van der Waals surface area contributed by atoms with Crippen LogP contribution >= 0.6 is 0 Å². The highest BCUT2D eigenvalue weighted by atomic mass is 19.2. The van der Waals surface area contributed by atoms with Gasteiger partial charge in [-0.1, -0.05) is 24.3 Å². The van der Waals surface area contributed by atoms with Gasteiger partial charge in [0.2, 0.25) is 0 Å². The number of hydrogen-bond donors (Lipinski definition) is 1. The highest BCUT2D eigenvalue weighted by Gasteiger charge is 2.61. The maximum Gasteiger partial charge on any atom is 0.407 e. The lowest BCUT2D eigenvalue weighted by molar-refractivity contribution is -0.214. The number of alkyl halides is 2. The van der Waals surface area contributed by atoms with Gasteiger partial charge in [0, 0.05) is 48.2 Å². The number of carbonyl (C=O) groups excluding carboxylic acids is 5. The third kappa shape index (κ3) is 4.96. The van der Waals surface area contributed by atoms with E-state index in [-0.39, 0.29) is 55.5 Å². The largest absolute Gasteiger partial charge is 0.444 e. The van der Waals surface area contributed by atoms with E-state index < -0.39 is 77.8 Å². The molecule has 4 fully saturated rings. The highest BCUT2D eigenvalue weighted by molar-refractivity contribution is 6.21. The number of morpholine rings is 1. The Morgan fingerprint density at radius 1 is 0.956 bits per heavy atom. The summed E-state index contributed by atoms with van der Waals surface area (Å²) in [6.07, 6.45) is -4.59. The van der Waals surface area contributed by atoms with Crippen LogP contribution in [0.15, 0.2) is 36.0 Å². The number of likely N-dealkylation sites (tertiary alicyclic amines) is 1. The van der Waals surface area contributed by atoms with E-state index in [2.05, 4.69) is 5.32 Å². The van der Waals surface area contributed by atoms with Gasteiger partial charge in [-0.2, -0.15) is 0 Å². The Bertz CT molecular complexity index is 1510. The molecule has 1 aromatic rings. The monoisotopic (exact) mass is 625 g/mol. The Morgan fingerprint density at radius 2 is 1.62 bits per heavy atom. The predicted octanol–water partition coefficient (Wildman–Crippen LogP) is 3.19. The SMILES string of the molecule is CC(C)(C)OC(=O)NC1CCN(C(=O)C2=CN3C4CC5C(=O)c6ccccc6C(=O)C5CC4OC4C(F)C(F)CC(C2=O)C43)C1. The first-order valence-corrected chi connectivity index (χ1v) is 15.8. The van der Waals surface area contributed by atoms with Crippen molar-refractivity contribution in [1.82, 2.24) is 15.1 Å². The molecular weight excluding hydrogens is 588 g/mol. The lowest BCUT2D eigenvalue weighted by Crippen LogP contribution is -2.71. The minimum absolute atomic E-state index is 0.128. The van der Waals surface area contributed by atoms with Crippen molar-refractivity contribution in [1.29, 1.82) is 0 Å². The second-order valence-corrected chi connectivity index (χ2v) is 14.2. The Kier molecular flexibility index (Phi) is 7.14. The fraction of sp³-hybridized carbons (Fsp3) is 0.606. The standard InChI is InChI=1S/C33H37F2N3O7/c1-33(2,3)45-32(43)36-15-8-9-37(13-15)31(42)21-14-38-23-11-18-19(28(40)17-7-5-4-6-16(17)27(18)39)12-24(23)44-30-25(35)22(34)10-20(26(30)38)29(21)41/h4-7,14-15,18-20,22-26,30H,8-13H2,1-3H3,(H,36,43). The van der Waals surface area contributed by atoms with E-state index in [1.54, 1.807) is 49.9 Å². The molecule has 12 heteroatoms. The predicted molar refractivity (Wildman–Crippen MR) is 155 cm³/mol. The summed E-state index contributed by atoms with van der Waals surface area (Å²) in [5.41, 5.74) is -0.0774. The molecule has 10 nitrogen and oxygen atoms in total. The van der Waals surface area contributed by atoms with Crippen LogP contribution in [0.5, 0.6) is 0 Å². The number of alkyl carbamates (subject to hydrolysis) is 1. The number of benzene rings is 1. The average Bonchev–Trinajstić information content (AvgIpc) is 3.45. The number of ether oxygens (including phenoxy) is 2. The first-order valence-electron chi connectivity index (χ1n) is 15.8. The number of Topliss-reactive ketones (excluding diaryl/α,β-unsaturated/α-hetero) is 3. The molecule has 2 saturated heterocycles. The zero-order valence-electron chi connectivity index (χ0n) is 25.4. The molecule has 0 spiro atoms. The van der Waals surface area contributed by atoms with Crippen molar-refractivity contribution in [2.45, 2.75) is 94.7 Å². The Labute approximate surface area is 259 Å². The van der Waals surface area contributed by atoms with Gasteiger partial charge in [-0.15, -0.1) is 0 Å². The van der Waals surface area contributed by atoms with Crippen molar-refractivity contribution in [3.8, 4) is 0 Å². The molecule has 1 aromatic carbocycles. The van der Waals surface area contributed by atoms with Crippen molar-refractivity contribution in [2.24, 2.45) is 17.8 Å². The molecular formula is C33H37F2N3O7. The van der Waals surface area contributed by atoms with E-state index in [4.69, 9.17) is 9.47 Å². The molecule has 10 unspecified atom stereocenters. The molecule has 3 aliphatic carbocycles. The lowest BCUT2D eigenvalue weighted by atomic mass is 9.63. The van der Waals surface area contributed by atoms with E-state index in [1.165, 1.54) is 11.1 Å². The molecule has 2 saturated carbocycles. The van der Waals surface area contributed by atoms with Gasteiger partial charge < -0.3 is 24.6 Å². The normalized spacial score (nSPS) is 37.2. The Hall–Kier alpha value is -3.67. The minimum Gasteiger partial charge on any atom is -0.444 e. The second-order valence-electron chi connectivity index (χ2n) is 14.2. The van der Waals surface area contributed by atoms with Crippen LogP contribution in [0.4, 0.5) is 13.6 Å². The molecule has 7 rings (SSSR count). The third-order valence-corrected chi connectivity index (χ3v) is 10.3. The minimum atomic E-state index is -1.98. The zero-order valence-corrected chi connectivity index (χ0v) is 25.4. The van der Waals surface area contributed by atoms with E-state index in [0.29, 0.717) is 17.5 Å². The van der Waals surface area contributed by atoms with Crippen molar-refractivity contribution in [3.63, 3.8) is 0 Å². The zero-order chi connectivity index (χ0) is 31.9. The number of halogens is 2. The number of amides is 2. The molecule has 2 amide bonds. The summed E-state index contributed by atoms with van der Waals surface area (Å²) < 4.78 is 42.1. The van der Waals surface area contributed by atoms with Gasteiger partial charge in [0.25, 0.3) is 5.91 Å². The highest BCUT2D eigenvalue weighted by Crippen LogP contribution is 2.50. The summed E-state index contributed by atoms with van der Waals surface area (Å²) >= 11 is 0. The van der Waals surface area contributed by atoms with Crippen LogP contribution in [0.2, 0.25) is 0 Å². The number of nitrogens with one attached hydrogen (secondary N) is 1. The number of carbonyl (C=O) groups is 5. The summed E-state index contributed by atoms with van der Waals surface area (Å²) in [7, 11) is 0. The van der Waals surface area contributed by atoms with Crippen molar-refractivity contribution in [2.75, 3.05) is 13.1 Å². The van der Waals surface area contributed by atoms with Gasteiger partial charge in [0.1, 0.15) is 17.9 Å². The van der Waals surface area contributed by atoms with Crippen LogP contribution in [-0.4, -0.2) is 101 Å². The average molecular weight is 626 g/mol. The smallest absolute Gasteiger partial charge is 0.407 e. The quantitative estimate of drug-likeness (QED) is 0.498. The van der Waals surface area contributed by atoms with Crippen LogP contribution in [-0.2, 0) is 19.1 Å². The summed E-state index contributed by atoms with van der Waals surface area (Å²) in [6.45, 7) is 5.69. The summed E-state index contributed by atoms with van der Waals surface area (Å²) in [5, 5.41) is 2.77. The van der Waals surface area contributed by atoms with Crippen LogP contribution in [0.3, 0.4) is 0 Å². The number of fused-ring (bicyclic) bond motifs is 4. The van der Waals surface area contributed by atoms with Gasteiger partial charge in [0.05, 0.1) is 29.8 Å². The van der Waals surface area contributed by atoms with Crippen molar-refractivity contribution < 1.29 is 42.2 Å². The van der Waals surface area contributed by atoms with Crippen molar-refractivity contribution >= 4 is 29.4 Å². The van der Waals surface area contributed by atoms with Crippen LogP contribution in [0.25, 0.3) is 0 Å². The molecule has 3 aliphatic heterocycles. The molecule has 0 radical (unpaired) electrons. The fourth-order valence-corrected chi connectivity index (χ4v) is 8.31. The molecule has 0 aromatic heterocycles. The maximum atomic E-state index is 15.4. The van der Waals surface area contributed by atoms with Crippen LogP contribution in [0, 0.1) is 17.8 Å². The molecule has 3 heterocycles. The van der Waals surface area contributed by atoms with E-state index >= 15 is 8.78 Å². The van der Waals surface area contributed by atoms with E-state index in [0.717, 1.165) is 0 Å². The first kappa shape index (κ1) is 30.0. The molecule has 10 atom stereocenters. The van der Waals surface area contributed by atoms with Crippen LogP contribution in [0.1, 0.15) is 67.2 Å². The summed E-state index contributed by atoms with van der Waals surface area (Å²) in [6, 6.07) is 4.98. The summed E-state index contributed by atoms with van der Waals surface area (Å²) in [4.78, 5) is 70.3. The lowest BCUT2D eigenvalue weighted by Gasteiger charge is -2.59. The van der Waals surface area contributed by atoms with Gasteiger partial charge in [-0.3, -0.25) is 19.2 Å². The van der Waals surface area contributed by atoms with Gasteiger partial charge in [0.15, 0.2) is 23.5 Å². The molecule has 240 valence electrons. The van der Waals surface area contributed by atoms with Gasteiger partial charge >= 0.3 is 6.09 Å². The summed E-state index contributed by atoms with van der Waals surface area (Å²) in [5.74, 6) is -3.70. The Balaban J connectivity index is 1.18. The topological polar surface area (TPSA) is 122 Å². The fourth-order valence-electron chi connectivity index (χ4n) is 8.31. The first-order chi connectivity index (χ1) is 21.3. The molecule has 1 N–H and O–H groups in total. The maximum absolute atomic E-state index is 15.4. The number of hydrogen-bond acceptors (Lipinski definition) is 8. The molecule has 45 heavy (non-hydrogen) atoms. The van der Waals surface area contributed by atoms with Gasteiger partial charge in [-0.25, -0.2) is 13.6 Å². The number of rotatable bonds is 2. The second kappa shape index (κ2) is 10.7. The number of nitrogens with zero attached hydrogens (tertiary/aromatic N) is 2. The third-order valence-electron chi connectivity index (χ3n) is 10.3. The molecule has 6 aliphatic rings. The molecule has 0 bridgehead atoms. The van der Waals surface area contributed by atoms with E-state index in [9.17, 15) is 24.0 Å². The van der Waals surface area contributed by atoms with Gasteiger partial charge in [-0.05, 0) is 46.5 Å².